The number of carboxylic acid groups (broad SMARTS) is 1. The molecular formula is C20H23NO4. The minimum Gasteiger partial charge on any atom is -0.497 e. The van der Waals surface area contributed by atoms with Crippen molar-refractivity contribution >= 4 is 17.6 Å². The molecule has 1 unspecified atom stereocenters. The van der Waals surface area contributed by atoms with Gasteiger partial charge >= 0.3 is 5.97 Å². The summed E-state index contributed by atoms with van der Waals surface area (Å²) in [5.41, 5.74) is 2.66. The van der Waals surface area contributed by atoms with Gasteiger partial charge in [0.2, 0.25) is 5.91 Å². The predicted octanol–water partition coefficient (Wildman–Crippen LogP) is 3.84. The van der Waals surface area contributed by atoms with E-state index in [4.69, 9.17) is 9.84 Å². The van der Waals surface area contributed by atoms with Crippen LogP contribution in [0.25, 0.3) is 0 Å². The van der Waals surface area contributed by atoms with Gasteiger partial charge in [0.05, 0.1) is 7.11 Å². The van der Waals surface area contributed by atoms with Crippen LogP contribution in [0.3, 0.4) is 0 Å². The third kappa shape index (κ3) is 5.95. The molecule has 1 atom stereocenters. The number of rotatable bonds is 8. The molecule has 0 spiro atoms. The standard InChI is InChI=1S/C20H23NO4/c1-14(16-7-9-18(25-2)10-8-16)12-19(22)21-17-5-3-4-15(13-17)6-11-20(23)24/h3-5,7-10,13-14H,6,11-12H2,1-2H3,(H,21,22)(H,23,24). The first-order valence-corrected chi connectivity index (χ1v) is 8.22. The summed E-state index contributed by atoms with van der Waals surface area (Å²) in [4.78, 5) is 22.9. The molecule has 25 heavy (non-hydrogen) atoms. The van der Waals surface area contributed by atoms with Crippen molar-refractivity contribution in [3.8, 4) is 5.75 Å². The van der Waals surface area contributed by atoms with Crippen LogP contribution in [0.5, 0.6) is 5.75 Å². The third-order valence-corrected chi connectivity index (χ3v) is 4.01. The lowest BCUT2D eigenvalue weighted by Gasteiger charge is -2.13. The predicted molar refractivity (Wildman–Crippen MR) is 97.1 cm³/mol. The zero-order valence-electron chi connectivity index (χ0n) is 14.5. The van der Waals surface area contributed by atoms with Gasteiger partial charge in [-0.2, -0.15) is 0 Å². The van der Waals surface area contributed by atoms with E-state index in [1.807, 2.05) is 49.4 Å². The number of carbonyl (C=O) groups excluding carboxylic acids is 1. The van der Waals surface area contributed by atoms with Crippen LogP contribution >= 0.6 is 0 Å². The van der Waals surface area contributed by atoms with Gasteiger partial charge in [0.25, 0.3) is 0 Å². The van der Waals surface area contributed by atoms with E-state index in [1.54, 1.807) is 13.2 Å². The number of aliphatic carboxylic acids is 1. The highest BCUT2D eigenvalue weighted by molar-refractivity contribution is 5.91. The number of hydrogen-bond acceptors (Lipinski definition) is 3. The Morgan fingerprint density at radius 1 is 1.16 bits per heavy atom. The van der Waals surface area contributed by atoms with Gasteiger partial charge in [0, 0.05) is 18.5 Å². The highest BCUT2D eigenvalue weighted by atomic mass is 16.5. The van der Waals surface area contributed by atoms with E-state index >= 15 is 0 Å². The van der Waals surface area contributed by atoms with Crippen molar-refractivity contribution in [3.63, 3.8) is 0 Å². The highest BCUT2D eigenvalue weighted by Crippen LogP contribution is 2.22. The molecular weight excluding hydrogens is 318 g/mol. The van der Waals surface area contributed by atoms with Gasteiger partial charge < -0.3 is 15.2 Å². The molecule has 2 aromatic rings. The third-order valence-electron chi connectivity index (χ3n) is 4.01. The minimum absolute atomic E-state index is 0.0706. The molecule has 0 fully saturated rings. The van der Waals surface area contributed by atoms with Crippen molar-refractivity contribution in [3.05, 3.63) is 59.7 Å². The summed E-state index contributed by atoms with van der Waals surface area (Å²) in [5.74, 6) is -0.0267. The molecule has 0 bridgehead atoms. The number of carbonyl (C=O) groups is 2. The van der Waals surface area contributed by atoms with E-state index < -0.39 is 5.97 Å². The Morgan fingerprint density at radius 2 is 1.88 bits per heavy atom. The maximum absolute atomic E-state index is 12.3. The van der Waals surface area contributed by atoms with Crippen molar-refractivity contribution in [1.29, 1.82) is 0 Å². The normalized spacial score (nSPS) is 11.6. The van der Waals surface area contributed by atoms with E-state index in [0.717, 1.165) is 16.9 Å². The van der Waals surface area contributed by atoms with Crippen molar-refractivity contribution in [2.75, 3.05) is 12.4 Å². The number of aryl methyl sites for hydroxylation is 1. The number of carboxylic acids is 1. The summed E-state index contributed by atoms with van der Waals surface area (Å²) in [6.07, 6.45) is 0.888. The maximum atomic E-state index is 12.3. The fraction of sp³-hybridized carbons (Fsp3) is 0.300. The Balaban J connectivity index is 1.92. The summed E-state index contributed by atoms with van der Waals surface area (Å²) < 4.78 is 5.14. The highest BCUT2D eigenvalue weighted by Gasteiger charge is 2.12. The molecule has 0 aliphatic carbocycles. The fourth-order valence-electron chi connectivity index (χ4n) is 2.60. The van der Waals surface area contributed by atoms with Crippen LogP contribution in [-0.4, -0.2) is 24.1 Å². The molecule has 0 aliphatic rings. The quantitative estimate of drug-likeness (QED) is 0.765. The van der Waals surface area contributed by atoms with Crippen LogP contribution in [0.2, 0.25) is 0 Å². The van der Waals surface area contributed by atoms with E-state index in [0.29, 0.717) is 18.5 Å². The lowest BCUT2D eigenvalue weighted by molar-refractivity contribution is -0.137. The topological polar surface area (TPSA) is 75.6 Å². The Hall–Kier alpha value is -2.82. The summed E-state index contributed by atoms with van der Waals surface area (Å²) >= 11 is 0. The van der Waals surface area contributed by atoms with Gasteiger partial charge in [-0.3, -0.25) is 9.59 Å². The van der Waals surface area contributed by atoms with Crippen molar-refractivity contribution in [2.24, 2.45) is 0 Å². The lowest BCUT2D eigenvalue weighted by atomic mass is 9.97. The van der Waals surface area contributed by atoms with E-state index in [1.165, 1.54) is 0 Å². The van der Waals surface area contributed by atoms with E-state index in [9.17, 15) is 9.59 Å². The Kier molecular flexibility index (Phi) is 6.57. The molecule has 0 saturated heterocycles. The van der Waals surface area contributed by atoms with Gasteiger partial charge in [-0.1, -0.05) is 31.2 Å². The number of methoxy groups -OCH3 is 1. The molecule has 2 N–H and O–H groups in total. The molecule has 5 heteroatoms. The molecule has 2 rings (SSSR count). The number of ether oxygens (including phenoxy) is 1. The van der Waals surface area contributed by atoms with Crippen LogP contribution in [0.4, 0.5) is 5.69 Å². The Labute approximate surface area is 147 Å². The first kappa shape index (κ1) is 18.5. The number of benzene rings is 2. The molecule has 2 aromatic carbocycles. The molecule has 0 aromatic heterocycles. The second-order valence-electron chi connectivity index (χ2n) is 6.02. The second-order valence-corrected chi connectivity index (χ2v) is 6.02. The summed E-state index contributed by atoms with van der Waals surface area (Å²) in [5, 5.41) is 11.6. The largest absolute Gasteiger partial charge is 0.497 e. The van der Waals surface area contributed by atoms with E-state index in [2.05, 4.69) is 5.32 Å². The van der Waals surface area contributed by atoms with Crippen LogP contribution in [0.1, 0.15) is 36.8 Å². The van der Waals surface area contributed by atoms with Gasteiger partial charge in [0.1, 0.15) is 5.75 Å². The van der Waals surface area contributed by atoms with Gasteiger partial charge in [-0.25, -0.2) is 0 Å². The van der Waals surface area contributed by atoms with Gasteiger partial charge in [-0.05, 0) is 47.7 Å². The minimum atomic E-state index is -0.831. The zero-order chi connectivity index (χ0) is 18.2. The zero-order valence-corrected chi connectivity index (χ0v) is 14.5. The van der Waals surface area contributed by atoms with Gasteiger partial charge in [-0.15, -0.1) is 0 Å². The number of anilines is 1. The molecule has 132 valence electrons. The van der Waals surface area contributed by atoms with Crippen LogP contribution in [0.15, 0.2) is 48.5 Å². The first-order valence-electron chi connectivity index (χ1n) is 8.22. The molecule has 0 saturated carbocycles. The SMILES string of the molecule is COc1ccc(C(C)CC(=O)Nc2cccc(CCC(=O)O)c2)cc1. The molecule has 0 aliphatic heterocycles. The fourth-order valence-corrected chi connectivity index (χ4v) is 2.60. The Bertz CT molecular complexity index is 725. The van der Waals surface area contributed by atoms with Gasteiger partial charge in [0.15, 0.2) is 0 Å². The van der Waals surface area contributed by atoms with Crippen molar-refractivity contribution in [1.82, 2.24) is 0 Å². The maximum Gasteiger partial charge on any atom is 0.303 e. The van der Waals surface area contributed by atoms with Crippen molar-refractivity contribution in [2.45, 2.75) is 32.1 Å². The smallest absolute Gasteiger partial charge is 0.303 e. The molecule has 0 heterocycles. The monoisotopic (exact) mass is 341 g/mol. The van der Waals surface area contributed by atoms with E-state index in [-0.39, 0.29) is 18.2 Å². The van der Waals surface area contributed by atoms with Crippen LogP contribution in [0, 0.1) is 0 Å². The first-order chi connectivity index (χ1) is 12.0. The molecule has 0 radical (unpaired) electrons. The second kappa shape index (κ2) is 8.87. The van der Waals surface area contributed by atoms with Crippen LogP contribution < -0.4 is 10.1 Å². The molecule has 1 amide bonds. The average Bonchev–Trinajstić information content (AvgIpc) is 2.60. The summed E-state index contributed by atoms with van der Waals surface area (Å²) in [7, 11) is 1.62. The molecule has 5 nitrogen and oxygen atoms in total. The number of nitrogens with one attached hydrogen (secondary N) is 1. The van der Waals surface area contributed by atoms with Crippen LogP contribution in [-0.2, 0) is 16.0 Å². The number of hydrogen-bond donors (Lipinski definition) is 2. The average molecular weight is 341 g/mol. The lowest BCUT2D eigenvalue weighted by Crippen LogP contribution is -2.14. The van der Waals surface area contributed by atoms with Crippen molar-refractivity contribution < 1.29 is 19.4 Å². The Morgan fingerprint density at radius 3 is 2.52 bits per heavy atom. The summed E-state index contributed by atoms with van der Waals surface area (Å²) in [6.45, 7) is 2.00. The summed E-state index contributed by atoms with van der Waals surface area (Å²) in [6, 6.07) is 15.0. The number of amides is 1.